The molecule has 6 heteroatoms. The van der Waals surface area contributed by atoms with Gasteiger partial charge < -0.3 is 4.74 Å². The standard InChI is InChI=1S/C17H19NO4S/c1-13-8-10-15(11-9-13)23(20,21)18-12-16(17(19)22-2)14-6-4-3-5-7-14/h3-11,16,18H,12H2,1-2H3. The number of benzene rings is 2. The smallest absolute Gasteiger partial charge is 0.314 e. The monoisotopic (exact) mass is 333 g/mol. The summed E-state index contributed by atoms with van der Waals surface area (Å²) in [6.45, 7) is 1.82. The van der Waals surface area contributed by atoms with Crippen molar-refractivity contribution >= 4 is 16.0 Å². The van der Waals surface area contributed by atoms with E-state index in [1.807, 2.05) is 13.0 Å². The molecule has 0 amide bonds. The number of ether oxygens (including phenoxy) is 1. The molecule has 0 aliphatic rings. The average Bonchev–Trinajstić information content (AvgIpc) is 2.56. The van der Waals surface area contributed by atoms with Crippen LogP contribution < -0.4 is 4.72 Å². The van der Waals surface area contributed by atoms with E-state index in [2.05, 4.69) is 4.72 Å². The Morgan fingerprint density at radius 1 is 1.09 bits per heavy atom. The summed E-state index contributed by atoms with van der Waals surface area (Å²) in [4.78, 5) is 12.1. The molecular weight excluding hydrogens is 314 g/mol. The Morgan fingerprint density at radius 2 is 1.70 bits per heavy atom. The fourth-order valence-electron chi connectivity index (χ4n) is 2.16. The second-order valence-corrected chi connectivity index (χ2v) is 6.92. The molecule has 122 valence electrons. The maximum absolute atomic E-state index is 12.3. The fraction of sp³-hybridized carbons (Fsp3) is 0.235. The van der Waals surface area contributed by atoms with E-state index in [4.69, 9.17) is 4.74 Å². The Morgan fingerprint density at radius 3 is 2.26 bits per heavy atom. The van der Waals surface area contributed by atoms with Gasteiger partial charge in [0.25, 0.3) is 0 Å². The van der Waals surface area contributed by atoms with Gasteiger partial charge in [-0.25, -0.2) is 13.1 Å². The van der Waals surface area contributed by atoms with Crippen LogP contribution >= 0.6 is 0 Å². The summed E-state index contributed by atoms with van der Waals surface area (Å²) in [7, 11) is -2.40. The Kier molecular flexibility index (Phi) is 5.52. The van der Waals surface area contributed by atoms with Gasteiger partial charge in [-0.1, -0.05) is 48.0 Å². The molecular formula is C17H19NO4S. The van der Waals surface area contributed by atoms with Gasteiger partial charge in [0.2, 0.25) is 10.0 Å². The predicted molar refractivity (Wildman–Crippen MR) is 87.6 cm³/mol. The van der Waals surface area contributed by atoms with Crippen LogP contribution in [0.25, 0.3) is 0 Å². The molecule has 5 nitrogen and oxygen atoms in total. The van der Waals surface area contributed by atoms with Crippen LogP contribution in [0.3, 0.4) is 0 Å². The molecule has 0 aliphatic carbocycles. The van der Waals surface area contributed by atoms with E-state index in [0.29, 0.717) is 5.56 Å². The summed E-state index contributed by atoms with van der Waals surface area (Å²) in [6.07, 6.45) is 0. The second kappa shape index (κ2) is 7.39. The number of aryl methyl sites for hydroxylation is 1. The van der Waals surface area contributed by atoms with E-state index < -0.39 is 21.9 Å². The van der Waals surface area contributed by atoms with Gasteiger partial charge in [-0.2, -0.15) is 0 Å². The van der Waals surface area contributed by atoms with Gasteiger partial charge in [-0.05, 0) is 24.6 Å². The number of nitrogens with one attached hydrogen (secondary N) is 1. The van der Waals surface area contributed by atoms with Crippen LogP contribution in [-0.2, 0) is 19.6 Å². The Labute approximate surface area is 136 Å². The zero-order chi connectivity index (χ0) is 16.9. The van der Waals surface area contributed by atoms with E-state index in [9.17, 15) is 13.2 Å². The lowest BCUT2D eigenvalue weighted by molar-refractivity contribution is -0.142. The average molecular weight is 333 g/mol. The minimum absolute atomic E-state index is 0.0626. The Balaban J connectivity index is 2.18. The van der Waals surface area contributed by atoms with Gasteiger partial charge in [-0.3, -0.25) is 4.79 Å². The maximum atomic E-state index is 12.3. The third-order valence-electron chi connectivity index (χ3n) is 3.50. The fourth-order valence-corrected chi connectivity index (χ4v) is 3.21. The van der Waals surface area contributed by atoms with Crippen LogP contribution in [0.5, 0.6) is 0 Å². The summed E-state index contributed by atoms with van der Waals surface area (Å²) >= 11 is 0. The van der Waals surface area contributed by atoms with Crippen LogP contribution in [-0.4, -0.2) is 28.0 Å². The molecule has 0 aromatic heterocycles. The molecule has 0 bridgehead atoms. The minimum atomic E-state index is -3.68. The lowest BCUT2D eigenvalue weighted by Crippen LogP contribution is -2.32. The molecule has 0 radical (unpaired) electrons. The molecule has 2 rings (SSSR count). The third-order valence-corrected chi connectivity index (χ3v) is 4.94. The van der Waals surface area contributed by atoms with Gasteiger partial charge in [-0.15, -0.1) is 0 Å². The SMILES string of the molecule is COC(=O)C(CNS(=O)(=O)c1ccc(C)cc1)c1ccccc1. The maximum Gasteiger partial charge on any atom is 0.314 e. The number of hydrogen-bond donors (Lipinski definition) is 1. The number of hydrogen-bond acceptors (Lipinski definition) is 4. The zero-order valence-electron chi connectivity index (χ0n) is 13.0. The van der Waals surface area contributed by atoms with Crippen molar-refractivity contribution in [3.05, 3.63) is 65.7 Å². The quantitative estimate of drug-likeness (QED) is 0.823. The van der Waals surface area contributed by atoms with Crippen LogP contribution in [0.4, 0.5) is 0 Å². The molecule has 0 saturated heterocycles. The van der Waals surface area contributed by atoms with Crippen molar-refractivity contribution in [2.45, 2.75) is 17.7 Å². The summed E-state index contributed by atoms with van der Waals surface area (Å²) < 4.78 is 31.9. The predicted octanol–water partition coefficient (Wildman–Crippen LogP) is 2.23. The summed E-state index contributed by atoms with van der Waals surface area (Å²) in [6, 6.07) is 15.5. The van der Waals surface area contributed by atoms with Crippen LogP contribution in [0, 0.1) is 6.92 Å². The first-order valence-corrected chi connectivity index (χ1v) is 8.61. The lowest BCUT2D eigenvalue weighted by Gasteiger charge is -2.16. The van der Waals surface area contributed by atoms with Gasteiger partial charge in [0, 0.05) is 6.54 Å². The third kappa shape index (κ3) is 4.40. The summed E-state index contributed by atoms with van der Waals surface area (Å²) in [5, 5.41) is 0. The highest BCUT2D eigenvalue weighted by Gasteiger charge is 2.24. The molecule has 1 unspecified atom stereocenters. The molecule has 2 aromatic rings. The van der Waals surface area contributed by atoms with Crippen molar-refractivity contribution < 1.29 is 17.9 Å². The summed E-state index contributed by atoms with van der Waals surface area (Å²) in [5.41, 5.74) is 1.67. The van der Waals surface area contributed by atoms with E-state index >= 15 is 0 Å². The molecule has 0 spiro atoms. The van der Waals surface area contributed by atoms with Crippen molar-refractivity contribution in [3.63, 3.8) is 0 Å². The van der Waals surface area contributed by atoms with Crippen molar-refractivity contribution in [2.75, 3.05) is 13.7 Å². The largest absolute Gasteiger partial charge is 0.469 e. The van der Waals surface area contributed by atoms with Gasteiger partial charge in [0.15, 0.2) is 0 Å². The Bertz CT molecular complexity index is 755. The van der Waals surface area contributed by atoms with E-state index in [-0.39, 0.29) is 11.4 Å². The topological polar surface area (TPSA) is 72.5 Å². The lowest BCUT2D eigenvalue weighted by atomic mass is 10.00. The van der Waals surface area contributed by atoms with Crippen molar-refractivity contribution in [1.29, 1.82) is 0 Å². The molecule has 0 saturated carbocycles. The second-order valence-electron chi connectivity index (χ2n) is 5.15. The molecule has 0 aliphatic heterocycles. The molecule has 1 atom stereocenters. The Hall–Kier alpha value is -2.18. The number of esters is 1. The van der Waals surface area contributed by atoms with Crippen molar-refractivity contribution in [3.8, 4) is 0 Å². The van der Waals surface area contributed by atoms with E-state index in [1.165, 1.54) is 19.2 Å². The van der Waals surface area contributed by atoms with Gasteiger partial charge in [0.1, 0.15) is 0 Å². The van der Waals surface area contributed by atoms with Crippen molar-refractivity contribution in [1.82, 2.24) is 4.72 Å². The van der Waals surface area contributed by atoms with Gasteiger partial charge in [0.05, 0.1) is 17.9 Å². The minimum Gasteiger partial charge on any atom is -0.469 e. The van der Waals surface area contributed by atoms with Crippen LogP contribution in [0.1, 0.15) is 17.0 Å². The molecule has 2 aromatic carbocycles. The van der Waals surface area contributed by atoms with Gasteiger partial charge >= 0.3 is 5.97 Å². The van der Waals surface area contributed by atoms with Crippen LogP contribution in [0.2, 0.25) is 0 Å². The number of carbonyl (C=O) groups is 1. The molecule has 1 N–H and O–H groups in total. The number of rotatable bonds is 6. The first-order chi connectivity index (χ1) is 10.9. The first kappa shape index (κ1) is 17.2. The highest BCUT2D eigenvalue weighted by Crippen LogP contribution is 2.18. The van der Waals surface area contributed by atoms with Crippen molar-refractivity contribution in [2.24, 2.45) is 0 Å². The van der Waals surface area contributed by atoms with Crippen LogP contribution in [0.15, 0.2) is 59.5 Å². The number of methoxy groups -OCH3 is 1. The highest BCUT2D eigenvalue weighted by atomic mass is 32.2. The number of carbonyl (C=O) groups excluding carboxylic acids is 1. The number of sulfonamides is 1. The zero-order valence-corrected chi connectivity index (χ0v) is 13.8. The van der Waals surface area contributed by atoms with E-state index in [1.54, 1.807) is 36.4 Å². The van der Waals surface area contributed by atoms with E-state index in [0.717, 1.165) is 5.56 Å². The highest BCUT2D eigenvalue weighted by molar-refractivity contribution is 7.89. The molecule has 0 heterocycles. The molecule has 23 heavy (non-hydrogen) atoms. The summed E-state index contributed by atoms with van der Waals surface area (Å²) in [5.74, 6) is -1.18. The molecule has 0 fully saturated rings. The normalized spacial score (nSPS) is 12.6. The first-order valence-electron chi connectivity index (χ1n) is 7.13.